The Bertz CT molecular complexity index is 215. The first kappa shape index (κ1) is 12.4. The number of rotatable bonds is 4. The molecule has 0 amide bonds. The average Bonchev–Trinajstić information content (AvgIpc) is 1.97. The third-order valence-electron chi connectivity index (χ3n) is 1.98. The van der Waals surface area contributed by atoms with E-state index in [1.807, 2.05) is 0 Å². The van der Waals surface area contributed by atoms with Gasteiger partial charge in [0.25, 0.3) is 0 Å². The van der Waals surface area contributed by atoms with Gasteiger partial charge in [-0.2, -0.15) is 0 Å². The first-order chi connectivity index (χ1) is 5.75. The van der Waals surface area contributed by atoms with Crippen molar-refractivity contribution in [3.63, 3.8) is 0 Å². The summed E-state index contributed by atoms with van der Waals surface area (Å²) >= 11 is 0. The molecule has 76 valence electrons. The SMILES string of the molecule is CC(=CCC(O)[Si](C)(C)C)C(=O)O. The Labute approximate surface area is 80.1 Å². The van der Waals surface area contributed by atoms with Crippen molar-refractivity contribution in [1.82, 2.24) is 0 Å². The van der Waals surface area contributed by atoms with Gasteiger partial charge in [0, 0.05) is 11.3 Å². The van der Waals surface area contributed by atoms with E-state index in [-0.39, 0.29) is 5.73 Å². The van der Waals surface area contributed by atoms with E-state index in [4.69, 9.17) is 5.11 Å². The topological polar surface area (TPSA) is 57.5 Å². The maximum atomic E-state index is 10.4. The van der Waals surface area contributed by atoms with Gasteiger partial charge in [-0.25, -0.2) is 4.79 Å². The Hall–Kier alpha value is -0.613. The Balaban J connectivity index is 4.17. The van der Waals surface area contributed by atoms with Crippen LogP contribution in [0.5, 0.6) is 0 Å². The summed E-state index contributed by atoms with van der Waals surface area (Å²) in [5.74, 6) is -0.914. The van der Waals surface area contributed by atoms with Crippen molar-refractivity contribution in [2.75, 3.05) is 0 Å². The Morgan fingerprint density at radius 2 is 1.92 bits per heavy atom. The normalized spacial score (nSPS) is 15.6. The first-order valence-electron chi connectivity index (χ1n) is 4.33. The number of carboxylic acids is 1. The van der Waals surface area contributed by atoms with Gasteiger partial charge in [0.05, 0.1) is 8.07 Å². The summed E-state index contributed by atoms with van der Waals surface area (Å²) in [7, 11) is -1.54. The lowest BCUT2D eigenvalue weighted by Gasteiger charge is -2.22. The molecule has 0 fully saturated rings. The largest absolute Gasteiger partial charge is 0.478 e. The fourth-order valence-electron chi connectivity index (χ4n) is 0.729. The van der Waals surface area contributed by atoms with E-state index in [0.29, 0.717) is 12.0 Å². The molecule has 0 aliphatic rings. The molecule has 0 aliphatic heterocycles. The maximum absolute atomic E-state index is 10.4. The van der Waals surface area contributed by atoms with Crippen molar-refractivity contribution in [3.8, 4) is 0 Å². The van der Waals surface area contributed by atoms with Crippen molar-refractivity contribution >= 4 is 14.0 Å². The second kappa shape index (κ2) is 4.57. The zero-order valence-corrected chi connectivity index (χ0v) is 9.66. The summed E-state index contributed by atoms with van der Waals surface area (Å²) in [4.78, 5) is 10.4. The van der Waals surface area contributed by atoms with E-state index >= 15 is 0 Å². The van der Waals surface area contributed by atoms with Gasteiger partial charge in [0.15, 0.2) is 0 Å². The third-order valence-corrected chi connectivity index (χ3v) is 4.22. The first-order valence-corrected chi connectivity index (χ1v) is 7.91. The summed E-state index contributed by atoms with van der Waals surface area (Å²) in [5.41, 5.74) is -0.0564. The highest BCUT2D eigenvalue weighted by atomic mass is 28.3. The molecule has 0 spiro atoms. The molecule has 0 aromatic heterocycles. The van der Waals surface area contributed by atoms with Gasteiger partial charge >= 0.3 is 5.97 Å². The highest BCUT2D eigenvalue weighted by molar-refractivity contribution is 6.77. The molecule has 0 saturated carbocycles. The molecule has 0 aromatic carbocycles. The van der Waals surface area contributed by atoms with Crippen LogP contribution in [0.25, 0.3) is 0 Å². The van der Waals surface area contributed by atoms with Crippen LogP contribution >= 0.6 is 0 Å². The molecule has 2 N–H and O–H groups in total. The van der Waals surface area contributed by atoms with Crippen LogP contribution in [0.3, 0.4) is 0 Å². The quantitative estimate of drug-likeness (QED) is 0.538. The summed E-state index contributed by atoms with van der Waals surface area (Å²) < 4.78 is 0. The predicted octanol–water partition coefficient (Wildman–Crippen LogP) is 1.65. The molecule has 3 nitrogen and oxygen atoms in total. The average molecular weight is 202 g/mol. The number of carboxylic acid groups (broad SMARTS) is 1. The van der Waals surface area contributed by atoms with Gasteiger partial charge in [0.1, 0.15) is 0 Å². The van der Waals surface area contributed by atoms with Gasteiger partial charge in [-0.3, -0.25) is 0 Å². The van der Waals surface area contributed by atoms with Crippen LogP contribution in [-0.2, 0) is 4.79 Å². The zero-order chi connectivity index (χ0) is 10.6. The maximum Gasteiger partial charge on any atom is 0.330 e. The standard InChI is InChI=1S/C9H18O3Si/c1-7(9(11)12)5-6-8(10)13(2,3)4/h5,8,10H,6H2,1-4H3,(H,11,12). The molecule has 1 unspecified atom stereocenters. The summed E-state index contributed by atoms with van der Waals surface area (Å²) in [5, 5.41) is 18.2. The van der Waals surface area contributed by atoms with Crippen molar-refractivity contribution in [2.24, 2.45) is 0 Å². The molecular weight excluding hydrogens is 184 g/mol. The Morgan fingerprint density at radius 3 is 2.23 bits per heavy atom. The lowest BCUT2D eigenvalue weighted by Crippen LogP contribution is -2.37. The fraction of sp³-hybridized carbons (Fsp3) is 0.667. The smallest absolute Gasteiger partial charge is 0.330 e. The van der Waals surface area contributed by atoms with Crippen LogP contribution in [0.1, 0.15) is 13.3 Å². The molecule has 0 saturated heterocycles. The number of hydrogen-bond donors (Lipinski definition) is 2. The summed E-state index contributed by atoms with van der Waals surface area (Å²) in [6.07, 6.45) is 2.04. The van der Waals surface area contributed by atoms with Gasteiger partial charge in [-0.15, -0.1) is 0 Å². The van der Waals surface area contributed by atoms with Crippen LogP contribution in [0.15, 0.2) is 11.6 Å². The number of aliphatic hydroxyl groups excluding tert-OH is 1. The van der Waals surface area contributed by atoms with Gasteiger partial charge in [-0.1, -0.05) is 25.7 Å². The van der Waals surface area contributed by atoms with Crippen molar-refractivity contribution in [1.29, 1.82) is 0 Å². The minimum absolute atomic E-state index is 0.303. The number of hydrogen-bond acceptors (Lipinski definition) is 2. The van der Waals surface area contributed by atoms with E-state index in [1.165, 1.54) is 0 Å². The van der Waals surface area contributed by atoms with E-state index in [9.17, 15) is 9.90 Å². The van der Waals surface area contributed by atoms with E-state index in [0.717, 1.165) is 0 Å². The van der Waals surface area contributed by atoms with Gasteiger partial charge in [0.2, 0.25) is 0 Å². The monoisotopic (exact) mass is 202 g/mol. The van der Waals surface area contributed by atoms with Crippen molar-refractivity contribution in [3.05, 3.63) is 11.6 Å². The summed E-state index contributed by atoms with van der Waals surface area (Å²) in [6, 6.07) is 0. The third kappa shape index (κ3) is 4.85. The van der Waals surface area contributed by atoms with E-state index in [2.05, 4.69) is 19.6 Å². The molecule has 4 heteroatoms. The minimum Gasteiger partial charge on any atom is -0.478 e. The lowest BCUT2D eigenvalue weighted by atomic mass is 10.2. The number of aliphatic hydroxyl groups is 1. The molecule has 0 aromatic rings. The molecule has 0 bridgehead atoms. The van der Waals surface area contributed by atoms with Crippen LogP contribution in [0.2, 0.25) is 19.6 Å². The molecule has 0 aliphatic carbocycles. The fourth-order valence-corrected chi connectivity index (χ4v) is 1.55. The molecule has 0 rings (SSSR count). The Kier molecular flexibility index (Phi) is 4.36. The lowest BCUT2D eigenvalue weighted by molar-refractivity contribution is -0.132. The number of aliphatic carboxylic acids is 1. The minimum atomic E-state index is -1.54. The second-order valence-corrected chi connectivity index (χ2v) is 9.71. The molecular formula is C9H18O3Si. The highest BCUT2D eigenvalue weighted by Crippen LogP contribution is 2.12. The van der Waals surface area contributed by atoms with Gasteiger partial charge < -0.3 is 10.2 Å². The van der Waals surface area contributed by atoms with Crippen molar-refractivity contribution < 1.29 is 15.0 Å². The van der Waals surface area contributed by atoms with E-state index in [1.54, 1.807) is 13.0 Å². The molecule has 0 radical (unpaired) electrons. The molecule has 13 heavy (non-hydrogen) atoms. The van der Waals surface area contributed by atoms with Gasteiger partial charge in [-0.05, 0) is 13.3 Å². The predicted molar refractivity (Wildman–Crippen MR) is 55.4 cm³/mol. The Morgan fingerprint density at radius 1 is 1.46 bits per heavy atom. The van der Waals surface area contributed by atoms with Crippen LogP contribution < -0.4 is 0 Å². The highest BCUT2D eigenvalue weighted by Gasteiger charge is 2.23. The van der Waals surface area contributed by atoms with Crippen LogP contribution in [-0.4, -0.2) is 30.0 Å². The summed E-state index contributed by atoms with van der Waals surface area (Å²) in [6.45, 7) is 7.71. The second-order valence-electron chi connectivity index (χ2n) is 4.31. The molecule has 0 heterocycles. The van der Waals surface area contributed by atoms with E-state index < -0.39 is 14.0 Å². The van der Waals surface area contributed by atoms with Crippen molar-refractivity contribution in [2.45, 2.75) is 38.7 Å². The molecule has 1 atom stereocenters. The van der Waals surface area contributed by atoms with Crippen LogP contribution in [0.4, 0.5) is 0 Å². The zero-order valence-electron chi connectivity index (χ0n) is 8.66. The number of carbonyl (C=O) groups is 1. The van der Waals surface area contributed by atoms with Crippen LogP contribution in [0, 0.1) is 0 Å².